The lowest BCUT2D eigenvalue weighted by Gasteiger charge is -2.37. The molecule has 0 bridgehead atoms. The van der Waals surface area contributed by atoms with Gasteiger partial charge in [-0.25, -0.2) is 0 Å². The molecule has 1 atom stereocenters. The van der Waals surface area contributed by atoms with Crippen LogP contribution >= 0.6 is 0 Å². The second-order valence-electron chi connectivity index (χ2n) is 6.84. The van der Waals surface area contributed by atoms with E-state index in [0.29, 0.717) is 18.6 Å². The van der Waals surface area contributed by atoms with Crippen LogP contribution in [0.2, 0.25) is 0 Å². The molecule has 0 aromatic carbocycles. The van der Waals surface area contributed by atoms with Crippen molar-refractivity contribution in [3.05, 3.63) is 11.7 Å². The van der Waals surface area contributed by atoms with Crippen LogP contribution in [0.15, 0.2) is 11.7 Å². The first-order chi connectivity index (χ1) is 10.8. The van der Waals surface area contributed by atoms with Crippen LogP contribution in [0.4, 0.5) is 0 Å². The Bertz CT molecular complexity index is 388. The van der Waals surface area contributed by atoms with Gasteiger partial charge in [0.1, 0.15) is 0 Å². The van der Waals surface area contributed by atoms with Crippen molar-refractivity contribution in [1.29, 1.82) is 5.41 Å². The number of hydrogen-bond donors (Lipinski definition) is 3. The monoisotopic (exact) mass is 326 g/mol. The van der Waals surface area contributed by atoms with Gasteiger partial charge in [-0.2, -0.15) is 0 Å². The van der Waals surface area contributed by atoms with E-state index in [-0.39, 0.29) is 13.8 Å². The van der Waals surface area contributed by atoms with Gasteiger partial charge in [0, 0.05) is 19.4 Å². The molecule has 7 heteroatoms. The first kappa shape index (κ1) is 20.2. The average Bonchev–Trinajstić information content (AvgIpc) is 2.50. The predicted octanol–water partition coefficient (Wildman–Crippen LogP) is 1.53. The fourth-order valence-corrected chi connectivity index (χ4v) is 1.86. The molecule has 1 heterocycles. The van der Waals surface area contributed by atoms with Crippen LogP contribution in [0, 0.1) is 5.41 Å². The molecule has 6 nitrogen and oxygen atoms in total. The minimum absolute atomic E-state index is 0.0762. The molecule has 0 aromatic heterocycles. The van der Waals surface area contributed by atoms with Crippen LogP contribution < -0.4 is 5.32 Å². The lowest BCUT2D eigenvalue weighted by atomic mass is 9.83. The van der Waals surface area contributed by atoms with Gasteiger partial charge >= 0.3 is 7.48 Å². The third kappa shape index (κ3) is 7.48. The highest BCUT2D eigenvalue weighted by molar-refractivity contribution is 6.45. The molecule has 1 fully saturated rings. The van der Waals surface area contributed by atoms with Gasteiger partial charge in [-0.3, -0.25) is 0 Å². The van der Waals surface area contributed by atoms with E-state index in [1.54, 1.807) is 20.0 Å². The summed E-state index contributed by atoms with van der Waals surface area (Å²) in [6.45, 7) is 9.08. The van der Waals surface area contributed by atoms with Crippen molar-refractivity contribution in [2.24, 2.45) is 0 Å². The summed E-state index contributed by atoms with van der Waals surface area (Å²) < 4.78 is 16.8. The van der Waals surface area contributed by atoms with Crippen molar-refractivity contribution >= 4 is 13.7 Å². The fraction of sp³-hybridized carbons (Fsp3) is 0.812. The summed E-state index contributed by atoms with van der Waals surface area (Å²) >= 11 is 0. The zero-order chi connectivity index (χ0) is 17.3. The highest BCUT2D eigenvalue weighted by Crippen LogP contribution is 2.24. The molecule has 23 heavy (non-hydrogen) atoms. The number of ether oxygens (including phenoxy) is 2. The second-order valence-corrected chi connectivity index (χ2v) is 6.84. The fourth-order valence-electron chi connectivity index (χ4n) is 1.86. The summed E-state index contributed by atoms with van der Waals surface area (Å²) in [5, 5.41) is 20.6. The standard InChI is InChI=1S/C16H31BN2O4/c1-15(2,20)16(3,4)23-17-13(11-18)12-19-8-10-22-14-7-5-6-9-21-14/h11-12,14,17-20H,5-10H2,1-4H3/b13-12+,18-11?. The molecule has 1 saturated heterocycles. The number of aliphatic hydroxyl groups is 1. The third-order valence-electron chi connectivity index (χ3n) is 4.23. The number of rotatable bonds is 10. The normalized spacial score (nSPS) is 20.2. The van der Waals surface area contributed by atoms with Gasteiger partial charge in [-0.15, -0.1) is 0 Å². The molecule has 0 saturated carbocycles. The predicted molar refractivity (Wildman–Crippen MR) is 93.0 cm³/mol. The molecule has 132 valence electrons. The van der Waals surface area contributed by atoms with Crippen LogP contribution in [-0.4, -0.2) is 56.1 Å². The molecule has 0 aliphatic carbocycles. The molecular formula is C16H31BN2O4. The lowest BCUT2D eigenvalue weighted by molar-refractivity contribution is -0.161. The highest BCUT2D eigenvalue weighted by Gasteiger charge is 2.35. The molecule has 0 amide bonds. The van der Waals surface area contributed by atoms with Crippen LogP contribution in [-0.2, 0) is 14.1 Å². The first-order valence-electron chi connectivity index (χ1n) is 8.29. The van der Waals surface area contributed by atoms with Crippen LogP contribution in [0.25, 0.3) is 0 Å². The Morgan fingerprint density at radius 3 is 2.70 bits per heavy atom. The van der Waals surface area contributed by atoms with Crippen molar-refractivity contribution in [3.63, 3.8) is 0 Å². The summed E-state index contributed by atoms with van der Waals surface area (Å²) in [5.41, 5.74) is -0.950. The topological polar surface area (TPSA) is 83.8 Å². The Balaban J connectivity index is 2.25. The molecule has 0 spiro atoms. The van der Waals surface area contributed by atoms with Gasteiger partial charge in [0.05, 0.1) is 17.8 Å². The molecule has 0 aromatic rings. The summed E-state index contributed by atoms with van der Waals surface area (Å²) in [6.07, 6.45) is 6.15. The number of hydrogen-bond acceptors (Lipinski definition) is 6. The van der Waals surface area contributed by atoms with Gasteiger partial charge in [0.15, 0.2) is 6.29 Å². The van der Waals surface area contributed by atoms with Crippen LogP contribution in [0.5, 0.6) is 0 Å². The molecule has 1 rings (SSSR count). The van der Waals surface area contributed by atoms with E-state index < -0.39 is 11.2 Å². The van der Waals surface area contributed by atoms with E-state index in [1.165, 1.54) is 6.21 Å². The van der Waals surface area contributed by atoms with Crippen molar-refractivity contribution in [2.45, 2.75) is 64.4 Å². The summed E-state index contributed by atoms with van der Waals surface area (Å²) in [5.74, 6) is 0. The Morgan fingerprint density at radius 1 is 1.39 bits per heavy atom. The van der Waals surface area contributed by atoms with Crippen molar-refractivity contribution in [2.75, 3.05) is 19.8 Å². The van der Waals surface area contributed by atoms with Crippen molar-refractivity contribution in [1.82, 2.24) is 5.32 Å². The SMILES string of the molecule is CC(C)(O)C(C)(C)OB/C(C=N)=C/NCCOC1CCCCO1. The molecule has 0 radical (unpaired) electrons. The molecule has 1 aliphatic heterocycles. The average molecular weight is 326 g/mol. The Labute approximate surface area is 140 Å². The minimum Gasteiger partial charge on any atom is -0.427 e. The molecule has 3 N–H and O–H groups in total. The Morgan fingerprint density at radius 2 is 2.13 bits per heavy atom. The van der Waals surface area contributed by atoms with E-state index in [4.69, 9.17) is 19.5 Å². The second kappa shape index (κ2) is 9.42. The largest absolute Gasteiger partial charge is 0.427 e. The minimum atomic E-state index is -0.957. The molecule has 1 aliphatic rings. The Hall–Kier alpha value is -0.885. The maximum atomic E-state index is 10.1. The maximum Gasteiger partial charge on any atom is 0.312 e. The number of allylic oxidation sites excluding steroid dienone is 1. The van der Waals surface area contributed by atoms with E-state index in [1.807, 2.05) is 13.8 Å². The zero-order valence-corrected chi connectivity index (χ0v) is 14.9. The van der Waals surface area contributed by atoms with E-state index in [0.717, 1.165) is 25.9 Å². The van der Waals surface area contributed by atoms with E-state index >= 15 is 0 Å². The van der Waals surface area contributed by atoms with E-state index in [2.05, 4.69) is 5.32 Å². The number of nitrogens with one attached hydrogen (secondary N) is 2. The smallest absolute Gasteiger partial charge is 0.312 e. The lowest BCUT2D eigenvalue weighted by Crippen LogP contribution is -2.48. The van der Waals surface area contributed by atoms with Gasteiger partial charge < -0.3 is 30.0 Å². The van der Waals surface area contributed by atoms with Gasteiger partial charge in [0.2, 0.25) is 0 Å². The highest BCUT2D eigenvalue weighted by atomic mass is 16.7. The first-order valence-corrected chi connectivity index (χ1v) is 8.29. The third-order valence-corrected chi connectivity index (χ3v) is 4.23. The quantitative estimate of drug-likeness (QED) is 0.322. The molecule has 1 unspecified atom stereocenters. The summed E-state index contributed by atoms with van der Waals surface area (Å²) in [4.78, 5) is 0. The van der Waals surface area contributed by atoms with Crippen LogP contribution in [0.3, 0.4) is 0 Å². The van der Waals surface area contributed by atoms with Gasteiger partial charge in [-0.1, -0.05) is 0 Å². The van der Waals surface area contributed by atoms with Crippen molar-refractivity contribution < 1.29 is 19.2 Å². The van der Waals surface area contributed by atoms with E-state index in [9.17, 15) is 5.11 Å². The zero-order valence-electron chi connectivity index (χ0n) is 14.9. The summed E-state index contributed by atoms with van der Waals surface area (Å²) in [6, 6.07) is 0. The van der Waals surface area contributed by atoms with Crippen molar-refractivity contribution in [3.8, 4) is 0 Å². The summed E-state index contributed by atoms with van der Waals surface area (Å²) in [7, 11) is 0.264. The Kier molecular flexibility index (Phi) is 8.26. The van der Waals surface area contributed by atoms with Gasteiger partial charge in [-0.05, 0) is 58.6 Å². The van der Waals surface area contributed by atoms with Gasteiger partial charge in [0.25, 0.3) is 0 Å². The maximum absolute atomic E-state index is 10.1. The van der Waals surface area contributed by atoms with Crippen LogP contribution in [0.1, 0.15) is 47.0 Å². The molecular weight excluding hydrogens is 295 g/mol.